The molecule has 0 amide bonds. The number of guanidine groups is 16. The Morgan fingerprint density at radius 3 is 0.979 bits per heavy atom. The highest BCUT2D eigenvalue weighted by atomic mass is 16.3. The van der Waals surface area contributed by atoms with Crippen molar-refractivity contribution in [3.05, 3.63) is 190 Å². The molecular weight excluding hydrogens is 1830 g/mol. The minimum absolute atomic E-state index is 0.00741. The molecule has 0 saturated carbocycles. The number of aliphatic imine (C=N–C) groups is 13. The lowest BCUT2D eigenvalue weighted by molar-refractivity contribution is 0.400. The molecule has 0 aliphatic carbocycles. The summed E-state index contributed by atoms with van der Waals surface area (Å²) in [4.78, 5) is 58.9. The van der Waals surface area contributed by atoms with Crippen molar-refractivity contribution >= 4 is 95.4 Å². The maximum absolute atomic E-state index is 9.39. The standard InChI is InChI=1S/4C11H17N5O2.4C10H15N5O2/c1-16(2)11(13)15-10(12)14-6-7-3-4-8(17)9(18)5-7;1-14-10(12)15-11(13)16(2)6-7-3-4-8(17)9(18)5-7;1-15(11(14)16(2)10(12)13)6-7-3-4-8(17)9(18)5-7;1-14-11(15-10(12)13)16(2)6-7-3-4-8(17)9(18)5-7;1-13-9(11)15-10(12)14-5-6-2-3-7(16)8(17)4-6;1-15(9(11)12)10(13)14-5-6-2-3-7(16)8(17)4-6;1-13-10(15-9(11)12)14-5-6-2-3-7(16)8(17)4-6;11-9(12)15-10(13)14-4-3-6-1-2-7(16)8(17)5-6/h2*3-5,17-18H,6H2,1-2H3,(H4,12,13,14,15);3-5,14,17-18H,6H2,1-2H3,(H3,12,13);3-5,17-18H,6H2,1-2H3,(H4,12,13,14,15);2-4,16-17H,5H2,1H3,(H5,11,12,13,14,15);2-4,16-17H,5H2,1H3,(H3,11,12)(H2,13,14);2-4,16-17H,5H2,1H3,(H5,11,12,13,14,15);1-2,5,16-17H,3-4H2,(H6,11,12,13,14,15). The molecule has 8 rings (SSSR count). The van der Waals surface area contributed by atoms with Crippen LogP contribution in [0.1, 0.15) is 44.5 Å². The first kappa shape index (κ1) is 118. The largest absolute Gasteiger partial charge is 0.504 e. The molecule has 0 heterocycles. The quantitative estimate of drug-likeness (QED) is 0.0255. The van der Waals surface area contributed by atoms with Gasteiger partial charge in [-0.2, -0.15) is 25.0 Å². The van der Waals surface area contributed by atoms with E-state index in [4.69, 9.17) is 133 Å². The monoisotopic (exact) mass is 1950 g/mol. The molecule has 56 nitrogen and oxygen atoms in total. The zero-order chi connectivity index (χ0) is 106. The van der Waals surface area contributed by atoms with E-state index in [-0.39, 0.29) is 201 Å². The molecule has 56 heteroatoms. The second kappa shape index (κ2) is 60.5. The van der Waals surface area contributed by atoms with E-state index in [2.05, 4.69) is 75.5 Å². The third-order valence-electron chi connectivity index (χ3n) is 17.2. The fourth-order valence-electron chi connectivity index (χ4n) is 9.67. The number of aromatic hydroxyl groups is 16. The molecule has 53 N–H and O–H groups in total. The summed E-state index contributed by atoms with van der Waals surface area (Å²) >= 11 is 0. The molecule has 0 atom stereocenters. The van der Waals surface area contributed by atoms with Crippen molar-refractivity contribution < 1.29 is 81.7 Å². The normalized spacial score (nSPS) is 11.5. The summed E-state index contributed by atoms with van der Waals surface area (Å²) in [6, 6.07) is 35.8. The van der Waals surface area contributed by atoms with Gasteiger partial charge in [0.25, 0.3) is 0 Å². The number of phenolic OH excluding ortho intramolecular Hbond substituents is 16. The summed E-state index contributed by atoms with van der Waals surface area (Å²) in [6.45, 7) is 2.68. The lowest BCUT2D eigenvalue weighted by Gasteiger charge is -2.26. The number of benzene rings is 8. The van der Waals surface area contributed by atoms with Gasteiger partial charge in [-0.15, -0.1) is 0 Å². The molecule has 8 aromatic carbocycles. The first-order chi connectivity index (χ1) is 65.5. The van der Waals surface area contributed by atoms with E-state index < -0.39 is 0 Å². The van der Waals surface area contributed by atoms with Crippen LogP contribution >= 0.6 is 0 Å². The average molecular weight is 1950 g/mol. The first-order valence-electron chi connectivity index (χ1n) is 40.2. The van der Waals surface area contributed by atoms with E-state index in [1.54, 1.807) is 117 Å². The third kappa shape index (κ3) is 47.0. The van der Waals surface area contributed by atoms with E-state index in [1.165, 1.54) is 135 Å². The molecule has 0 radical (unpaired) electrons. The predicted molar refractivity (Wildman–Crippen MR) is 542 cm³/mol. The minimum atomic E-state index is -0.222. The molecule has 0 fully saturated rings. The van der Waals surface area contributed by atoms with Gasteiger partial charge in [0.05, 0.1) is 19.6 Å². The molecule has 760 valence electrons. The van der Waals surface area contributed by atoms with Crippen LogP contribution in [0.3, 0.4) is 0 Å². The van der Waals surface area contributed by atoms with Crippen molar-refractivity contribution in [1.82, 2.24) is 40.0 Å². The van der Waals surface area contributed by atoms with E-state index in [0.29, 0.717) is 61.8 Å². The number of phenols is 16. The van der Waals surface area contributed by atoms with Crippen LogP contribution in [0.5, 0.6) is 92.0 Å². The van der Waals surface area contributed by atoms with Gasteiger partial charge in [-0.3, -0.25) is 56.3 Å². The van der Waals surface area contributed by atoms with Crippen LogP contribution in [-0.4, -0.2) is 291 Å². The first-order valence-corrected chi connectivity index (χ1v) is 40.2. The molecule has 0 aromatic heterocycles. The average Bonchev–Trinajstić information content (AvgIpc) is 0.833. The van der Waals surface area contributed by atoms with Gasteiger partial charge < -0.3 is 198 Å². The summed E-state index contributed by atoms with van der Waals surface area (Å²) in [5.74, 6) is -1.85. The van der Waals surface area contributed by atoms with Crippen LogP contribution in [0.4, 0.5) is 0 Å². The van der Waals surface area contributed by atoms with Gasteiger partial charge in [-0.05, 0) is 148 Å². The zero-order valence-electron chi connectivity index (χ0n) is 78.6. The highest BCUT2D eigenvalue weighted by Gasteiger charge is 2.16. The van der Waals surface area contributed by atoms with Crippen molar-refractivity contribution in [2.75, 3.05) is 84.1 Å². The van der Waals surface area contributed by atoms with Crippen LogP contribution in [0.25, 0.3) is 0 Å². The van der Waals surface area contributed by atoms with Crippen LogP contribution in [0.2, 0.25) is 0 Å². The zero-order valence-corrected chi connectivity index (χ0v) is 78.6. The van der Waals surface area contributed by atoms with Crippen molar-refractivity contribution in [2.24, 2.45) is 157 Å². The van der Waals surface area contributed by atoms with Crippen LogP contribution in [0, 0.1) is 16.2 Å². The summed E-state index contributed by atoms with van der Waals surface area (Å²) < 4.78 is 0. The Labute approximate surface area is 805 Å². The fraction of sp³-hybridized carbons (Fsp3) is 0.238. The molecule has 0 spiro atoms. The molecule has 0 unspecified atom stereocenters. The third-order valence-corrected chi connectivity index (χ3v) is 17.2. The van der Waals surface area contributed by atoms with Gasteiger partial charge >= 0.3 is 0 Å². The number of rotatable bonds is 17. The fourth-order valence-corrected chi connectivity index (χ4v) is 9.67. The Morgan fingerprint density at radius 1 is 0.293 bits per heavy atom. The minimum Gasteiger partial charge on any atom is -0.504 e. The van der Waals surface area contributed by atoms with Crippen LogP contribution in [-0.2, 0) is 52.2 Å². The van der Waals surface area contributed by atoms with Crippen LogP contribution in [0.15, 0.2) is 210 Å². The highest BCUT2D eigenvalue weighted by Crippen LogP contribution is 2.32. The number of hydrogen-bond acceptors (Lipinski definition) is 27. The van der Waals surface area contributed by atoms with E-state index >= 15 is 0 Å². The lowest BCUT2D eigenvalue weighted by Crippen LogP contribution is -2.45. The number of nitrogens with two attached hydrogens (primary N) is 16. The topological polar surface area (TPSA) is 1020 Å². The van der Waals surface area contributed by atoms with Crippen molar-refractivity contribution in [3.63, 3.8) is 0 Å². The molecule has 0 saturated heterocycles. The molecule has 8 aromatic rings. The van der Waals surface area contributed by atoms with Crippen molar-refractivity contribution in [2.45, 2.75) is 52.2 Å². The van der Waals surface area contributed by atoms with Gasteiger partial charge in [0.1, 0.15) is 0 Å². The van der Waals surface area contributed by atoms with Gasteiger partial charge in [-0.1, -0.05) is 48.5 Å². The Kier molecular flexibility index (Phi) is 51.2. The highest BCUT2D eigenvalue weighted by molar-refractivity contribution is 5.99. The smallest absolute Gasteiger partial charge is 0.223 e. The van der Waals surface area contributed by atoms with E-state index in [9.17, 15) is 56.2 Å². The Morgan fingerprint density at radius 2 is 0.621 bits per heavy atom. The van der Waals surface area contributed by atoms with E-state index in [1.807, 2.05) is 0 Å². The van der Waals surface area contributed by atoms with Gasteiger partial charge in [0.15, 0.2) is 158 Å². The second-order valence-corrected chi connectivity index (χ2v) is 28.6. The predicted octanol–water partition coefficient (Wildman–Crippen LogP) is -2.48. The molecule has 0 aliphatic rings. The van der Waals surface area contributed by atoms with Gasteiger partial charge in [0, 0.05) is 110 Å². The number of nitrogens with zero attached hydrogens (tertiary/aromatic N) is 19. The molecule has 0 bridgehead atoms. The summed E-state index contributed by atoms with van der Waals surface area (Å²) in [7, 11) is 17.8. The summed E-state index contributed by atoms with van der Waals surface area (Å²) in [6.07, 6.45) is 0.550. The van der Waals surface area contributed by atoms with Crippen LogP contribution < -0.4 is 102 Å². The second-order valence-electron chi connectivity index (χ2n) is 28.6. The number of nitrogens with one attached hydrogen (secondary N) is 5. The molecular formula is C84H128N40O16. The van der Waals surface area contributed by atoms with Crippen molar-refractivity contribution in [1.29, 1.82) is 16.2 Å². The number of hydrogen-bond donors (Lipinski definition) is 37. The summed E-state index contributed by atoms with van der Waals surface area (Å²) in [5.41, 5.74) is 91.9. The molecule has 140 heavy (non-hydrogen) atoms. The summed E-state index contributed by atoms with van der Waals surface area (Å²) in [5, 5.41) is 175. The Balaban J connectivity index is 0.000000800. The molecule has 0 aliphatic heterocycles. The maximum Gasteiger partial charge on any atom is 0.223 e. The van der Waals surface area contributed by atoms with E-state index in [0.717, 1.165) is 27.8 Å². The SMILES string of the molecule is CN(C(=N)N)C(N)=NCc1ccc(O)c(O)c1.CN(C)C(N)=NC(N)=NCc1ccc(O)c(O)c1.CN(Cc1ccc(O)c(O)c1)C(=N)N(C)C(=N)N.CN=C(N)N=C(N)N(C)Cc1ccc(O)c(O)c1.CN=C(N)NC(N)=NCc1ccc(O)c(O)c1.CN=C(N=C(N)N)N(C)Cc1ccc(O)c(O)c1.CN=C(N=C(N)N)NCc1ccc(O)c(O)c1.NC(N)=NC(N)=NCCc1ccc(O)c(O)c1. The Bertz CT molecular complexity index is 5830. The van der Waals surface area contributed by atoms with Gasteiger partial charge in [0.2, 0.25) is 29.8 Å². The maximum atomic E-state index is 9.39. The lowest BCUT2D eigenvalue weighted by atomic mass is 10.1. The van der Waals surface area contributed by atoms with Crippen molar-refractivity contribution in [3.8, 4) is 92.0 Å². The Hall–Kier alpha value is -19.5. The van der Waals surface area contributed by atoms with Gasteiger partial charge in [-0.25, -0.2) is 15.0 Å².